The molecule has 0 atom stereocenters. The van der Waals surface area contributed by atoms with E-state index < -0.39 is 23.4 Å². The van der Waals surface area contributed by atoms with Crippen molar-refractivity contribution in [2.45, 2.75) is 73.5 Å². The van der Waals surface area contributed by atoms with Crippen LogP contribution in [-0.4, -0.2) is 33.2 Å². The van der Waals surface area contributed by atoms with Crippen LogP contribution < -0.4 is 5.32 Å². The first-order valence-electron chi connectivity index (χ1n) is 9.86. The number of amides is 1. The fourth-order valence-corrected chi connectivity index (χ4v) is 2.61. The molecule has 0 aliphatic carbocycles. The summed E-state index contributed by atoms with van der Waals surface area (Å²) in [5.74, 6) is 0.165. The topological polar surface area (TPSA) is 82.5 Å². The summed E-state index contributed by atoms with van der Waals surface area (Å²) in [4.78, 5) is 25.0. The van der Waals surface area contributed by atoms with Gasteiger partial charge in [-0.1, -0.05) is 43.6 Å². The highest BCUT2D eigenvalue weighted by Crippen LogP contribution is 2.33. The maximum Gasteiger partial charge on any atom is 0.437 e. The Labute approximate surface area is 183 Å². The summed E-state index contributed by atoms with van der Waals surface area (Å²) >= 11 is 6.29. The van der Waals surface area contributed by atoms with Gasteiger partial charge in [-0.3, -0.25) is 5.32 Å². The molecule has 0 spiro atoms. The molecule has 30 heavy (non-hydrogen) atoms. The van der Waals surface area contributed by atoms with Crippen molar-refractivity contribution in [3.63, 3.8) is 0 Å². The molecule has 0 radical (unpaired) electrons. The highest BCUT2D eigenvalue weighted by atomic mass is 35.5. The fraction of sp³-hybridized carbons (Fsp3) is 0.500. The van der Waals surface area contributed by atoms with Crippen molar-refractivity contribution in [1.29, 1.82) is 0 Å². The number of anilines is 1. The van der Waals surface area contributed by atoms with Crippen molar-refractivity contribution in [1.82, 2.24) is 9.78 Å². The third-order valence-electron chi connectivity index (χ3n) is 3.44. The van der Waals surface area contributed by atoms with Crippen LogP contribution in [0.4, 0.5) is 15.4 Å². The molecule has 0 unspecified atom stereocenters. The van der Waals surface area contributed by atoms with Crippen LogP contribution in [0.25, 0.3) is 11.3 Å². The summed E-state index contributed by atoms with van der Waals surface area (Å²) < 4.78 is 11.7. The Morgan fingerprint density at radius 1 is 1.00 bits per heavy atom. The van der Waals surface area contributed by atoms with Crippen molar-refractivity contribution >= 4 is 29.6 Å². The van der Waals surface area contributed by atoms with E-state index in [4.69, 9.17) is 21.1 Å². The second kappa shape index (κ2) is 9.98. The lowest BCUT2D eigenvalue weighted by Crippen LogP contribution is -2.31. The van der Waals surface area contributed by atoms with Gasteiger partial charge in [-0.25, -0.2) is 9.59 Å². The first-order valence-corrected chi connectivity index (χ1v) is 10.2. The molecule has 0 aliphatic rings. The SMILES string of the molecule is CC.Cc1c(-c2ccccc2Cl)nn(C(=O)OC(C)(C)C)c1NC(=O)OC(C)(C)C. The van der Waals surface area contributed by atoms with E-state index in [0.29, 0.717) is 21.8 Å². The minimum absolute atomic E-state index is 0.165. The zero-order valence-electron chi connectivity index (χ0n) is 19.2. The zero-order valence-corrected chi connectivity index (χ0v) is 20.0. The van der Waals surface area contributed by atoms with Crippen LogP contribution in [0.5, 0.6) is 0 Å². The molecule has 0 bridgehead atoms. The Hall–Kier alpha value is -2.54. The van der Waals surface area contributed by atoms with Crippen LogP contribution in [-0.2, 0) is 9.47 Å². The van der Waals surface area contributed by atoms with Gasteiger partial charge >= 0.3 is 12.2 Å². The number of rotatable bonds is 2. The molecule has 1 aromatic heterocycles. The molecule has 7 nitrogen and oxygen atoms in total. The summed E-state index contributed by atoms with van der Waals surface area (Å²) in [5.41, 5.74) is 0.230. The Morgan fingerprint density at radius 2 is 1.53 bits per heavy atom. The number of carbonyl (C=O) groups is 2. The number of aromatic nitrogens is 2. The van der Waals surface area contributed by atoms with E-state index in [2.05, 4.69) is 10.4 Å². The number of nitrogens with one attached hydrogen (secondary N) is 1. The molecule has 0 saturated carbocycles. The van der Waals surface area contributed by atoms with E-state index in [1.54, 1.807) is 66.7 Å². The number of ether oxygens (including phenoxy) is 2. The molecule has 1 aromatic carbocycles. The molecular formula is C22H32ClN3O4. The number of halogens is 1. The van der Waals surface area contributed by atoms with Crippen molar-refractivity contribution < 1.29 is 19.1 Å². The summed E-state index contributed by atoms with van der Waals surface area (Å²) in [6.07, 6.45) is -1.43. The standard InChI is InChI=1S/C20H26ClN3O4.C2H6/c1-12-15(13-10-8-9-11-14(13)21)23-24(18(26)28-20(5,6)7)16(12)22-17(25)27-19(2,3)4;1-2/h8-11H,1-7H3,(H,22,25);1-2H3. The van der Waals surface area contributed by atoms with Crippen LogP contribution in [0.1, 0.15) is 61.0 Å². The number of benzene rings is 1. The molecule has 2 aromatic rings. The predicted octanol–water partition coefficient (Wildman–Crippen LogP) is 6.67. The summed E-state index contributed by atoms with van der Waals surface area (Å²) in [6, 6.07) is 7.12. The summed E-state index contributed by atoms with van der Waals surface area (Å²) in [5, 5.41) is 7.44. The van der Waals surface area contributed by atoms with E-state index >= 15 is 0 Å². The summed E-state index contributed by atoms with van der Waals surface area (Å²) in [7, 11) is 0. The van der Waals surface area contributed by atoms with Crippen LogP contribution in [0.15, 0.2) is 24.3 Å². The molecule has 2 rings (SSSR count). The maximum absolute atomic E-state index is 12.7. The zero-order chi connectivity index (χ0) is 23.3. The Balaban J connectivity index is 0.00000218. The average Bonchev–Trinajstić information content (AvgIpc) is 2.91. The number of hydrogen-bond acceptors (Lipinski definition) is 5. The molecule has 0 aliphatic heterocycles. The van der Waals surface area contributed by atoms with Gasteiger partial charge in [0, 0.05) is 11.1 Å². The van der Waals surface area contributed by atoms with Crippen molar-refractivity contribution in [2.75, 3.05) is 5.32 Å². The van der Waals surface area contributed by atoms with Gasteiger partial charge in [0.1, 0.15) is 17.0 Å². The highest BCUT2D eigenvalue weighted by molar-refractivity contribution is 6.33. The Kier molecular flexibility index (Phi) is 8.48. The molecular weight excluding hydrogens is 406 g/mol. The van der Waals surface area contributed by atoms with Crippen LogP contribution in [0.3, 0.4) is 0 Å². The normalized spacial score (nSPS) is 11.3. The third-order valence-corrected chi connectivity index (χ3v) is 3.77. The number of carbonyl (C=O) groups excluding carboxylic acids is 2. The van der Waals surface area contributed by atoms with E-state index in [1.807, 2.05) is 19.9 Å². The smallest absolute Gasteiger partial charge is 0.437 e. The average molecular weight is 438 g/mol. The van der Waals surface area contributed by atoms with Crippen molar-refractivity contribution in [3.8, 4) is 11.3 Å². The fourth-order valence-electron chi connectivity index (χ4n) is 2.39. The van der Waals surface area contributed by atoms with E-state index in [1.165, 1.54) is 0 Å². The highest BCUT2D eigenvalue weighted by Gasteiger charge is 2.27. The molecule has 1 N–H and O–H groups in total. The second-order valence-corrected chi connectivity index (χ2v) is 8.73. The van der Waals surface area contributed by atoms with Gasteiger partial charge in [0.15, 0.2) is 0 Å². The maximum atomic E-state index is 12.7. The number of nitrogens with zero attached hydrogens (tertiary/aromatic N) is 2. The molecule has 166 valence electrons. The first-order chi connectivity index (χ1) is 13.8. The van der Waals surface area contributed by atoms with Gasteiger partial charge in [0.05, 0.1) is 10.7 Å². The largest absolute Gasteiger partial charge is 0.444 e. The van der Waals surface area contributed by atoms with Gasteiger partial charge in [0.2, 0.25) is 0 Å². The van der Waals surface area contributed by atoms with E-state index in [9.17, 15) is 9.59 Å². The molecule has 0 fully saturated rings. The van der Waals surface area contributed by atoms with Gasteiger partial charge in [-0.2, -0.15) is 5.10 Å². The van der Waals surface area contributed by atoms with E-state index in [0.717, 1.165) is 4.68 Å². The third kappa shape index (κ3) is 7.06. The molecule has 0 saturated heterocycles. The Morgan fingerprint density at radius 3 is 2.03 bits per heavy atom. The van der Waals surface area contributed by atoms with Crippen LogP contribution >= 0.6 is 11.6 Å². The van der Waals surface area contributed by atoms with Crippen molar-refractivity contribution in [3.05, 3.63) is 34.9 Å². The van der Waals surface area contributed by atoms with E-state index in [-0.39, 0.29) is 5.82 Å². The van der Waals surface area contributed by atoms with Crippen LogP contribution in [0.2, 0.25) is 5.02 Å². The summed E-state index contributed by atoms with van der Waals surface area (Å²) in [6.45, 7) is 16.2. The lowest BCUT2D eigenvalue weighted by Gasteiger charge is -2.21. The lowest BCUT2D eigenvalue weighted by molar-refractivity contribution is 0.0518. The van der Waals surface area contributed by atoms with Crippen LogP contribution in [0, 0.1) is 6.92 Å². The monoisotopic (exact) mass is 437 g/mol. The first kappa shape index (κ1) is 25.5. The minimum atomic E-state index is -0.731. The minimum Gasteiger partial charge on any atom is -0.444 e. The van der Waals surface area contributed by atoms with Gasteiger partial charge in [0.25, 0.3) is 0 Å². The lowest BCUT2D eigenvalue weighted by atomic mass is 10.1. The molecule has 1 amide bonds. The van der Waals surface area contributed by atoms with Crippen molar-refractivity contribution in [2.24, 2.45) is 0 Å². The Bertz CT molecular complexity index is 893. The second-order valence-electron chi connectivity index (χ2n) is 8.32. The predicted molar refractivity (Wildman–Crippen MR) is 120 cm³/mol. The van der Waals surface area contributed by atoms with Gasteiger partial charge < -0.3 is 9.47 Å². The van der Waals surface area contributed by atoms with Gasteiger partial charge in [-0.15, -0.1) is 4.68 Å². The quantitative estimate of drug-likeness (QED) is 0.567. The molecule has 8 heteroatoms. The molecule has 1 heterocycles. The van der Waals surface area contributed by atoms with Gasteiger partial charge in [-0.05, 0) is 54.5 Å². The number of hydrogen-bond donors (Lipinski definition) is 1.